The predicted molar refractivity (Wildman–Crippen MR) is 98.0 cm³/mol. The Labute approximate surface area is 144 Å². The van der Waals surface area contributed by atoms with Crippen LogP contribution in [-0.2, 0) is 0 Å². The summed E-state index contributed by atoms with van der Waals surface area (Å²) in [4.78, 5) is 24.5. The molecule has 0 fully saturated rings. The summed E-state index contributed by atoms with van der Waals surface area (Å²) in [7, 11) is 1.58. The van der Waals surface area contributed by atoms with Crippen LogP contribution < -0.4 is 10.6 Å². The van der Waals surface area contributed by atoms with Crippen LogP contribution in [0.3, 0.4) is 0 Å². The van der Waals surface area contributed by atoms with Gasteiger partial charge < -0.3 is 15.2 Å². The van der Waals surface area contributed by atoms with Gasteiger partial charge in [0.15, 0.2) is 0 Å². The molecule has 124 valence electrons. The maximum absolute atomic E-state index is 12.7. The van der Waals surface area contributed by atoms with Crippen molar-refractivity contribution in [1.29, 1.82) is 0 Å². The summed E-state index contributed by atoms with van der Waals surface area (Å²) in [6, 6.07) is 11.0. The standard InChI is InChI=1S/C18H19N3O2S/c1-11(2)21-14-7-8-24-16(14)10-15(21)18(23)20-13-6-4-5-12(9-13)17(22)19-3/h4-11H,1-3H3,(H,19,22)(H,20,23). The van der Waals surface area contributed by atoms with Gasteiger partial charge in [-0.2, -0.15) is 0 Å². The highest BCUT2D eigenvalue weighted by atomic mass is 32.1. The number of hydrogen-bond donors (Lipinski definition) is 2. The van der Waals surface area contributed by atoms with E-state index < -0.39 is 0 Å². The molecule has 0 unspecified atom stereocenters. The number of carbonyl (C=O) groups is 2. The molecule has 0 bridgehead atoms. The van der Waals surface area contributed by atoms with Crippen LogP contribution in [0.1, 0.15) is 40.7 Å². The highest BCUT2D eigenvalue weighted by Gasteiger charge is 2.18. The lowest BCUT2D eigenvalue weighted by Gasteiger charge is -2.14. The second kappa shape index (κ2) is 6.49. The Morgan fingerprint density at radius 2 is 1.92 bits per heavy atom. The summed E-state index contributed by atoms with van der Waals surface area (Å²) >= 11 is 1.62. The van der Waals surface area contributed by atoms with Gasteiger partial charge in [-0.3, -0.25) is 9.59 Å². The highest BCUT2D eigenvalue weighted by molar-refractivity contribution is 7.17. The number of carbonyl (C=O) groups excluding carboxylic acids is 2. The molecule has 0 saturated carbocycles. The van der Waals surface area contributed by atoms with Gasteiger partial charge in [-0.05, 0) is 49.6 Å². The van der Waals surface area contributed by atoms with E-state index in [1.807, 2.05) is 22.1 Å². The molecule has 0 aliphatic heterocycles. The van der Waals surface area contributed by atoms with E-state index in [4.69, 9.17) is 0 Å². The fraction of sp³-hybridized carbons (Fsp3) is 0.222. The minimum Gasteiger partial charge on any atom is -0.355 e. The molecule has 2 heterocycles. The first-order valence-electron chi connectivity index (χ1n) is 7.73. The van der Waals surface area contributed by atoms with Crippen molar-refractivity contribution in [1.82, 2.24) is 9.88 Å². The molecule has 2 aromatic heterocycles. The molecule has 1 aromatic carbocycles. The molecule has 3 rings (SSSR count). The van der Waals surface area contributed by atoms with Gasteiger partial charge in [-0.25, -0.2) is 0 Å². The monoisotopic (exact) mass is 341 g/mol. The number of rotatable bonds is 4. The van der Waals surface area contributed by atoms with Gasteiger partial charge in [-0.1, -0.05) is 6.07 Å². The quantitative estimate of drug-likeness (QED) is 0.756. The van der Waals surface area contributed by atoms with E-state index in [-0.39, 0.29) is 17.9 Å². The van der Waals surface area contributed by atoms with Crippen LogP contribution in [0.2, 0.25) is 0 Å². The lowest BCUT2D eigenvalue weighted by Crippen LogP contribution is -2.20. The van der Waals surface area contributed by atoms with Crippen molar-refractivity contribution in [2.75, 3.05) is 12.4 Å². The van der Waals surface area contributed by atoms with E-state index in [2.05, 4.69) is 24.5 Å². The lowest BCUT2D eigenvalue weighted by atomic mass is 10.2. The summed E-state index contributed by atoms with van der Waals surface area (Å²) in [5.41, 5.74) is 2.80. The minimum atomic E-state index is -0.183. The molecule has 3 aromatic rings. The SMILES string of the molecule is CNC(=O)c1cccc(NC(=O)c2cc3sccc3n2C(C)C)c1. The van der Waals surface area contributed by atoms with Gasteiger partial charge in [0.2, 0.25) is 0 Å². The average molecular weight is 341 g/mol. The molecule has 0 spiro atoms. The van der Waals surface area contributed by atoms with Crippen LogP contribution in [0.15, 0.2) is 41.8 Å². The first-order chi connectivity index (χ1) is 11.5. The van der Waals surface area contributed by atoms with Crippen molar-refractivity contribution >= 4 is 39.1 Å². The average Bonchev–Trinajstić information content (AvgIpc) is 3.14. The fourth-order valence-corrected chi connectivity index (χ4v) is 3.56. The van der Waals surface area contributed by atoms with Gasteiger partial charge >= 0.3 is 0 Å². The Kier molecular flexibility index (Phi) is 4.40. The third-order valence-corrected chi connectivity index (χ3v) is 4.67. The van der Waals surface area contributed by atoms with Crippen molar-refractivity contribution in [3.8, 4) is 0 Å². The summed E-state index contributed by atoms with van der Waals surface area (Å²) in [5, 5.41) is 7.49. The Bertz CT molecular complexity index is 908. The fourth-order valence-electron chi connectivity index (χ4n) is 2.75. The summed E-state index contributed by atoms with van der Waals surface area (Å²) in [6.45, 7) is 4.11. The zero-order valence-corrected chi connectivity index (χ0v) is 14.6. The van der Waals surface area contributed by atoms with Gasteiger partial charge in [0, 0.05) is 24.3 Å². The van der Waals surface area contributed by atoms with E-state index in [0.717, 1.165) is 10.2 Å². The normalized spacial score (nSPS) is 11.0. The Balaban J connectivity index is 1.92. The molecule has 0 aliphatic carbocycles. The Morgan fingerprint density at radius 3 is 2.62 bits per heavy atom. The van der Waals surface area contributed by atoms with E-state index in [9.17, 15) is 9.59 Å². The first-order valence-corrected chi connectivity index (χ1v) is 8.61. The Morgan fingerprint density at radius 1 is 1.12 bits per heavy atom. The smallest absolute Gasteiger partial charge is 0.272 e. The van der Waals surface area contributed by atoms with E-state index in [1.165, 1.54) is 0 Å². The number of aromatic nitrogens is 1. The number of fused-ring (bicyclic) bond motifs is 1. The number of benzene rings is 1. The zero-order valence-electron chi connectivity index (χ0n) is 13.8. The van der Waals surface area contributed by atoms with Crippen LogP contribution in [0.4, 0.5) is 5.69 Å². The van der Waals surface area contributed by atoms with Gasteiger partial charge in [-0.15, -0.1) is 11.3 Å². The number of nitrogens with one attached hydrogen (secondary N) is 2. The Hall–Kier alpha value is -2.60. The van der Waals surface area contributed by atoms with Crippen molar-refractivity contribution in [2.45, 2.75) is 19.9 Å². The molecular formula is C18H19N3O2S. The van der Waals surface area contributed by atoms with Crippen LogP contribution >= 0.6 is 11.3 Å². The second-order valence-corrected chi connectivity index (χ2v) is 6.73. The number of amides is 2. The highest BCUT2D eigenvalue weighted by Crippen LogP contribution is 2.29. The largest absolute Gasteiger partial charge is 0.355 e. The van der Waals surface area contributed by atoms with Crippen molar-refractivity contribution in [2.24, 2.45) is 0 Å². The molecule has 0 radical (unpaired) electrons. The number of hydrogen-bond acceptors (Lipinski definition) is 3. The summed E-state index contributed by atoms with van der Waals surface area (Å²) in [5.74, 6) is -0.363. The zero-order chi connectivity index (χ0) is 17.3. The first kappa shape index (κ1) is 16.3. The molecule has 6 heteroatoms. The van der Waals surface area contributed by atoms with Gasteiger partial charge in [0.25, 0.3) is 11.8 Å². The topological polar surface area (TPSA) is 63.1 Å². The third kappa shape index (κ3) is 2.92. The molecule has 0 saturated heterocycles. The molecular weight excluding hydrogens is 322 g/mol. The third-order valence-electron chi connectivity index (χ3n) is 3.82. The van der Waals surface area contributed by atoms with Crippen LogP contribution in [0.5, 0.6) is 0 Å². The van der Waals surface area contributed by atoms with Crippen LogP contribution in [0.25, 0.3) is 10.2 Å². The van der Waals surface area contributed by atoms with Gasteiger partial charge in [0.05, 0.1) is 10.2 Å². The van der Waals surface area contributed by atoms with Crippen molar-refractivity contribution in [3.05, 3.63) is 53.0 Å². The second-order valence-electron chi connectivity index (χ2n) is 5.78. The van der Waals surface area contributed by atoms with E-state index >= 15 is 0 Å². The van der Waals surface area contributed by atoms with Crippen molar-refractivity contribution in [3.63, 3.8) is 0 Å². The molecule has 24 heavy (non-hydrogen) atoms. The minimum absolute atomic E-state index is 0.176. The maximum atomic E-state index is 12.7. The van der Waals surface area contributed by atoms with Crippen molar-refractivity contribution < 1.29 is 9.59 Å². The molecule has 0 aliphatic rings. The van der Waals surface area contributed by atoms with E-state index in [1.54, 1.807) is 42.6 Å². The summed E-state index contributed by atoms with van der Waals surface area (Å²) in [6.07, 6.45) is 0. The van der Waals surface area contributed by atoms with Crippen LogP contribution in [0, 0.1) is 0 Å². The number of thiophene rings is 1. The maximum Gasteiger partial charge on any atom is 0.272 e. The van der Waals surface area contributed by atoms with E-state index in [0.29, 0.717) is 16.9 Å². The molecule has 0 atom stereocenters. The number of nitrogens with zero attached hydrogens (tertiary/aromatic N) is 1. The van der Waals surface area contributed by atoms with Gasteiger partial charge in [0.1, 0.15) is 5.69 Å². The molecule has 2 N–H and O–H groups in total. The number of anilines is 1. The molecule has 5 nitrogen and oxygen atoms in total. The lowest BCUT2D eigenvalue weighted by molar-refractivity contribution is 0.0961. The molecule has 2 amide bonds. The summed E-state index contributed by atoms with van der Waals surface area (Å²) < 4.78 is 3.12. The predicted octanol–water partition coefficient (Wildman–Crippen LogP) is 3.90. The van der Waals surface area contributed by atoms with Crippen LogP contribution in [-0.4, -0.2) is 23.4 Å².